The van der Waals surface area contributed by atoms with Gasteiger partial charge in [-0.3, -0.25) is 0 Å². The maximum atomic E-state index is 12.3. The first-order valence-electron chi connectivity index (χ1n) is 7.91. The summed E-state index contributed by atoms with van der Waals surface area (Å²) in [6, 6.07) is 10.5. The summed E-state index contributed by atoms with van der Waals surface area (Å²) in [6.45, 7) is 1.95. The van der Waals surface area contributed by atoms with Gasteiger partial charge in [0.15, 0.2) is 5.44 Å². The average molecular weight is 325 g/mol. The third-order valence-electron chi connectivity index (χ3n) is 4.24. The van der Waals surface area contributed by atoms with Gasteiger partial charge in [0, 0.05) is 5.75 Å². The smallest absolute Gasteiger partial charge is 0.162 e. The lowest BCUT2D eigenvalue weighted by Crippen LogP contribution is -2.34. The van der Waals surface area contributed by atoms with E-state index in [-0.39, 0.29) is 5.44 Å². The lowest BCUT2D eigenvalue weighted by atomic mass is 9.79. The molecule has 3 rings (SSSR count). The second-order valence-corrected chi connectivity index (χ2v) is 7.16. The number of rotatable bonds is 5. The van der Waals surface area contributed by atoms with Crippen molar-refractivity contribution in [2.45, 2.75) is 24.9 Å². The molecule has 1 aromatic rings. The standard InChI is InChI=1S/C20H21O2S/c1-20(14-6-5-10-17(20)21)18-11-7-12-19(22-18)23-15-13-16-8-3-2-4-9-16/h2-12,14,17,19H,13,15H2,1H3. The Labute approximate surface area is 142 Å². The second kappa shape index (κ2) is 7.24. The summed E-state index contributed by atoms with van der Waals surface area (Å²) in [6.07, 6.45) is 13.6. The zero-order valence-electron chi connectivity index (χ0n) is 13.2. The van der Waals surface area contributed by atoms with Crippen LogP contribution in [-0.2, 0) is 16.3 Å². The lowest BCUT2D eigenvalue weighted by molar-refractivity contribution is 0.0241. The van der Waals surface area contributed by atoms with Gasteiger partial charge in [0.2, 0.25) is 0 Å². The summed E-state index contributed by atoms with van der Waals surface area (Å²) in [4.78, 5) is 0. The number of hydrogen-bond acceptors (Lipinski definition) is 2. The molecule has 0 bridgehead atoms. The van der Waals surface area contributed by atoms with Gasteiger partial charge in [0.1, 0.15) is 11.9 Å². The molecule has 2 nitrogen and oxygen atoms in total. The summed E-state index contributed by atoms with van der Waals surface area (Å²) in [5.41, 5.74) is 0.710. The van der Waals surface area contributed by atoms with Crippen molar-refractivity contribution in [1.82, 2.24) is 0 Å². The zero-order chi connectivity index (χ0) is 16.1. The quantitative estimate of drug-likeness (QED) is 0.786. The van der Waals surface area contributed by atoms with Crippen LogP contribution in [-0.4, -0.2) is 17.3 Å². The van der Waals surface area contributed by atoms with Crippen LogP contribution in [0.3, 0.4) is 0 Å². The molecule has 1 aliphatic heterocycles. The molecule has 0 N–H and O–H groups in total. The van der Waals surface area contributed by atoms with E-state index in [0.717, 1.165) is 17.9 Å². The molecule has 0 saturated carbocycles. The molecule has 1 aromatic carbocycles. The molecule has 2 aliphatic rings. The third-order valence-corrected chi connectivity index (χ3v) is 5.26. The van der Waals surface area contributed by atoms with Crippen LogP contribution in [0.5, 0.6) is 0 Å². The van der Waals surface area contributed by atoms with Gasteiger partial charge in [-0.15, -0.1) is 11.8 Å². The van der Waals surface area contributed by atoms with E-state index in [1.807, 2.05) is 49.4 Å². The Morgan fingerprint density at radius 2 is 1.96 bits per heavy atom. The Hall–Kier alpha value is -1.71. The van der Waals surface area contributed by atoms with Gasteiger partial charge in [-0.25, -0.2) is 5.11 Å². The number of thioether (sulfide) groups is 1. The Morgan fingerprint density at radius 1 is 1.13 bits per heavy atom. The first kappa shape index (κ1) is 16.2. The molecule has 3 atom stereocenters. The van der Waals surface area contributed by atoms with Crippen LogP contribution < -0.4 is 0 Å². The largest absolute Gasteiger partial charge is 0.479 e. The SMILES string of the molecule is CC1(C2=CC=CC(SCCc3ccccc3)O2)C=CC=CC1[O]. The van der Waals surface area contributed by atoms with Crippen LogP contribution >= 0.6 is 11.8 Å². The first-order valence-corrected chi connectivity index (χ1v) is 8.96. The zero-order valence-corrected chi connectivity index (χ0v) is 14.0. The minimum atomic E-state index is -0.805. The number of aryl methyl sites for hydroxylation is 1. The van der Waals surface area contributed by atoms with E-state index >= 15 is 0 Å². The van der Waals surface area contributed by atoms with E-state index in [4.69, 9.17) is 4.74 Å². The van der Waals surface area contributed by atoms with Crippen LogP contribution in [0.15, 0.2) is 78.6 Å². The topological polar surface area (TPSA) is 29.1 Å². The van der Waals surface area contributed by atoms with Crippen molar-refractivity contribution < 1.29 is 9.84 Å². The summed E-state index contributed by atoms with van der Waals surface area (Å²) < 4.78 is 6.09. The highest BCUT2D eigenvalue weighted by Crippen LogP contribution is 2.39. The molecule has 0 fully saturated rings. The molecule has 1 radical (unpaired) electrons. The van der Waals surface area contributed by atoms with Crippen LogP contribution in [0, 0.1) is 5.41 Å². The minimum absolute atomic E-state index is 0.0259. The molecule has 0 aromatic heterocycles. The highest BCUT2D eigenvalue weighted by atomic mass is 32.2. The lowest BCUT2D eigenvalue weighted by Gasteiger charge is -2.35. The van der Waals surface area contributed by atoms with Crippen molar-refractivity contribution in [3.63, 3.8) is 0 Å². The molecular formula is C20H21O2S. The van der Waals surface area contributed by atoms with Gasteiger partial charge in [0.05, 0.1) is 5.41 Å². The molecule has 0 amide bonds. The molecule has 1 heterocycles. The Morgan fingerprint density at radius 3 is 2.74 bits per heavy atom. The number of allylic oxidation sites excluding steroid dienone is 4. The van der Waals surface area contributed by atoms with E-state index in [2.05, 4.69) is 24.3 Å². The first-order chi connectivity index (χ1) is 11.2. The van der Waals surface area contributed by atoms with E-state index in [1.54, 1.807) is 17.8 Å². The Bertz CT molecular complexity index is 645. The predicted octanol–water partition coefficient (Wildman–Crippen LogP) is 4.69. The van der Waals surface area contributed by atoms with Gasteiger partial charge in [-0.1, -0.05) is 60.7 Å². The average Bonchev–Trinajstić information content (AvgIpc) is 2.59. The number of benzene rings is 1. The van der Waals surface area contributed by atoms with Gasteiger partial charge < -0.3 is 4.74 Å². The van der Waals surface area contributed by atoms with Gasteiger partial charge in [-0.2, -0.15) is 0 Å². The monoisotopic (exact) mass is 325 g/mol. The number of ether oxygens (including phenoxy) is 1. The van der Waals surface area contributed by atoms with Gasteiger partial charge >= 0.3 is 0 Å². The summed E-state index contributed by atoms with van der Waals surface area (Å²) in [7, 11) is 0. The van der Waals surface area contributed by atoms with Crippen LogP contribution in [0.4, 0.5) is 0 Å². The second-order valence-electron chi connectivity index (χ2n) is 5.96. The van der Waals surface area contributed by atoms with Crippen molar-refractivity contribution in [1.29, 1.82) is 0 Å². The van der Waals surface area contributed by atoms with Gasteiger partial charge in [0.25, 0.3) is 0 Å². The molecule has 1 aliphatic carbocycles. The van der Waals surface area contributed by atoms with Crippen molar-refractivity contribution in [3.05, 3.63) is 84.2 Å². The van der Waals surface area contributed by atoms with Crippen molar-refractivity contribution in [2.24, 2.45) is 5.41 Å². The maximum absolute atomic E-state index is 12.3. The predicted molar refractivity (Wildman–Crippen MR) is 95.6 cm³/mol. The molecule has 3 unspecified atom stereocenters. The Balaban J connectivity index is 1.56. The van der Waals surface area contributed by atoms with E-state index < -0.39 is 11.5 Å². The van der Waals surface area contributed by atoms with Crippen LogP contribution in [0.25, 0.3) is 0 Å². The van der Waals surface area contributed by atoms with Crippen LogP contribution in [0.2, 0.25) is 0 Å². The molecular weight excluding hydrogens is 304 g/mol. The van der Waals surface area contributed by atoms with E-state index in [9.17, 15) is 5.11 Å². The molecule has 23 heavy (non-hydrogen) atoms. The fraction of sp³-hybridized carbons (Fsp3) is 0.300. The fourth-order valence-electron chi connectivity index (χ4n) is 2.71. The van der Waals surface area contributed by atoms with Crippen molar-refractivity contribution in [2.75, 3.05) is 5.75 Å². The highest BCUT2D eigenvalue weighted by molar-refractivity contribution is 7.99. The maximum Gasteiger partial charge on any atom is 0.162 e. The fourth-order valence-corrected chi connectivity index (χ4v) is 3.67. The molecule has 0 spiro atoms. The summed E-state index contributed by atoms with van der Waals surface area (Å²) >= 11 is 1.77. The van der Waals surface area contributed by atoms with E-state index in [1.165, 1.54) is 5.56 Å². The molecule has 119 valence electrons. The normalized spacial score (nSPS) is 29.2. The Kier molecular flexibility index (Phi) is 5.09. The number of hydrogen-bond donors (Lipinski definition) is 0. The van der Waals surface area contributed by atoms with Crippen molar-refractivity contribution >= 4 is 11.8 Å². The van der Waals surface area contributed by atoms with Gasteiger partial charge in [-0.05, 0) is 31.1 Å². The summed E-state index contributed by atoms with van der Waals surface area (Å²) in [5.74, 6) is 1.75. The highest BCUT2D eigenvalue weighted by Gasteiger charge is 2.38. The van der Waals surface area contributed by atoms with Crippen molar-refractivity contribution in [3.8, 4) is 0 Å². The summed E-state index contributed by atoms with van der Waals surface area (Å²) in [5, 5.41) is 12.3. The van der Waals surface area contributed by atoms with Crippen LogP contribution in [0.1, 0.15) is 12.5 Å². The van der Waals surface area contributed by atoms with E-state index in [0.29, 0.717) is 0 Å². The third kappa shape index (κ3) is 3.80. The molecule has 3 heteroatoms. The molecule has 0 saturated heterocycles. The minimum Gasteiger partial charge on any atom is -0.479 e.